The fraction of sp³-hybridized carbons (Fsp3) is 0.100. The van der Waals surface area contributed by atoms with Gasteiger partial charge in [0.1, 0.15) is 24.0 Å². The Balaban J connectivity index is 1.50. The van der Waals surface area contributed by atoms with Crippen molar-refractivity contribution in [1.82, 2.24) is 0 Å². The molecule has 1 N–H and O–H groups in total. The number of nitrogens with one attached hydrogen (secondary N) is 1. The van der Waals surface area contributed by atoms with Gasteiger partial charge in [-0.25, -0.2) is 4.79 Å². The first-order valence-electron chi connectivity index (χ1n) is 11.6. The van der Waals surface area contributed by atoms with Gasteiger partial charge in [-0.2, -0.15) is 5.26 Å². The average molecular weight is 555 g/mol. The van der Waals surface area contributed by atoms with Crippen LogP contribution in [0.1, 0.15) is 28.4 Å². The highest BCUT2D eigenvalue weighted by Crippen LogP contribution is 2.27. The highest BCUT2D eigenvalue weighted by atomic mass is 79.9. The first-order valence-corrected chi connectivity index (χ1v) is 12.4. The van der Waals surface area contributed by atoms with E-state index in [2.05, 4.69) is 39.4 Å². The van der Waals surface area contributed by atoms with Crippen LogP contribution in [0.25, 0.3) is 16.8 Å². The normalized spacial score (nSPS) is 11.0. The fourth-order valence-corrected chi connectivity index (χ4v) is 4.04. The maximum Gasteiger partial charge on any atom is 0.338 e. The van der Waals surface area contributed by atoms with Gasteiger partial charge in [0.25, 0.3) is 5.91 Å². The Morgan fingerprint density at radius 2 is 1.73 bits per heavy atom. The molecule has 37 heavy (non-hydrogen) atoms. The number of nitrogens with zero attached hydrogens (tertiary/aromatic N) is 1. The van der Waals surface area contributed by atoms with Crippen molar-refractivity contribution in [3.8, 4) is 11.8 Å². The van der Waals surface area contributed by atoms with Gasteiger partial charge in [-0.05, 0) is 77.9 Å². The third-order valence-electron chi connectivity index (χ3n) is 5.50. The minimum absolute atomic E-state index is 0.0943. The summed E-state index contributed by atoms with van der Waals surface area (Å²) in [4.78, 5) is 24.6. The fourth-order valence-electron chi connectivity index (χ4n) is 3.66. The van der Waals surface area contributed by atoms with E-state index >= 15 is 0 Å². The van der Waals surface area contributed by atoms with Gasteiger partial charge in [-0.3, -0.25) is 4.79 Å². The van der Waals surface area contributed by atoms with E-state index in [9.17, 15) is 14.9 Å². The summed E-state index contributed by atoms with van der Waals surface area (Å²) in [5.74, 6) is -0.480. The molecule has 184 valence electrons. The first kappa shape index (κ1) is 25.7. The number of anilines is 1. The van der Waals surface area contributed by atoms with Crippen molar-refractivity contribution in [3.63, 3.8) is 0 Å². The third kappa shape index (κ3) is 6.63. The molecule has 4 aromatic carbocycles. The standard InChI is InChI=1S/C30H23BrN2O4/c1-2-36-30(35)22-9-12-27(13-10-22)33-29(34)25(18-32)16-24-17-26(31)11-14-28(24)37-19-20-7-8-21-5-3-4-6-23(21)15-20/h3-17H,2,19H2,1H3,(H,33,34)/b25-16+. The number of fused-ring (bicyclic) bond motifs is 1. The zero-order valence-electron chi connectivity index (χ0n) is 20.0. The van der Waals surface area contributed by atoms with Gasteiger partial charge < -0.3 is 14.8 Å². The Hall–Kier alpha value is -4.41. The largest absolute Gasteiger partial charge is 0.488 e. The van der Waals surface area contributed by atoms with Crippen molar-refractivity contribution in [2.24, 2.45) is 0 Å². The molecule has 0 fully saturated rings. The lowest BCUT2D eigenvalue weighted by molar-refractivity contribution is -0.112. The predicted octanol–water partition coefficient (Wildman–Crippen LogP) is 6.90. The van der Waals surface area contributed by atoms with Crippen LogP contribution in [0.3, 0.4) is 0 Å². The molecular weight excluding hydrogens is 532 g/mol. The number of rotatable bonds is 8. The minimum Gasteiger partial charge on any atom is -0.488 e. The van der Waals surface area contributed by atoms with Crippen LogP contribution >= 0.6 is 15.9 Å². The zero-order valence-corrected chi connectivity index (χ0v) is 21.6. The lowest BCUT2D eigenvalue weighted by Gasteiger charge is -2.11. The van der Waals surface area contributed by atoms with E-state index in [1.54, 1.807) is 43.3 Å². The molecule has 0 spiro atoms. The van der Waals surface area contributed by atoms with E-state index in [4.69, 9.17) is 9.47 Å². The molecule has 0 atom stereocenters. The van der Waals surface area contributed by atoms with E-state index < -0.39 is 11.9 Å². The summed E-state index contributed by atoms with van der Waals surface area (Å²) in [6, 6.07) is 27.9. The summed E-state index contributed by atoms with van der Waals surface area (Å²) in [6.07, 6.45) is 1.49. The van der Waals surface area contributed by atoms with Crippen LogP contribution < -0.4 is 10.1 Å². The van der Waals surface area contributed by atoms with Crippen LogP contribution in [0, 0.1) is 11.3 Å². The Labute approximate surface area is 223 Å². The van der Waals surface area contributed by atoms with Crippen LogP contribution in [0.15, 0.2) is 95.0 Å². The summed E-state index contributed by atoms with van der Waals surface area (Å²) >= 11 is 3.45. The number of carbonyl (C=O) groups excluding carboxylic acids is 2. The summed E-state index contributed by atoms with van der Waals surface area (Å²) in [5, 5.41) is 14.6. The second kappa shape index (κ2) is 12.0. The molecule has 0 aliphatic rings. The van der Waals surface area contributed by atoms with E-state index in [1.807, 2.05) is 36.4 Å². The number of hydrogen-bond acceptors (Lipinski definition) is 5. The second-order valence-corrected chi connectivity index (χ2v) is 8.99. The van der Waals surface area contributed by atoms with Crippen LogP contribution in [-0.4, -0.2) is 18.5 Å². The number of nitriles is 1. The average Bonchev–Trinajstić information content (AvgIpc) is 2.91. The molecule has 0 unspecified atom stereocenters. The van der Waals surface area contributed by atoms with Gasteiger partial charge in [0, 0.05) is 15.7 Å². The van der Waals surface area contributed by atoms with Crippen molar-refractivity contribution in [1.29, 1.82) is 5.26 Å². The number of amides is 1. The molecule has 4 rings (SSSR count). The molecule has 0 radical (unpaired) electrons. The summed E-state index contributed by atoms with van der Waals surface area (Å²) < 4.78 is 11.8. The highest BCUT2D eigenvalue weighted by molar-refractivity contribution is 9.10. The van der Waals surface area contributed by atoms with Crippen molar-refractivity contribution in [3.05, 3.63) is 112 Å². The monoisotopic (exact) mass is 554 g/mol. The number of esters is 1. The molecule has 0 aliphatic heterocycles. The maximum absolute atomic E-state index is 12.8. The molecule has 4 aromatic rings. The smallest absolute Gasteiger partial charge is 0.338 e. The number of benzene rings is 4. The maximum atomic E-state index is 12.8. The molecule has 0 saturated heterocycles. The molecule has 0 heterocycles. The Bertz CT molecular complexity index is 1520. The SMILES string of the molecule is CCOC(=O)c1ccc(NC(=O)/C(C#N)=C/c2cc(Br)ccc2OCc2ccc3ccccc3c2)cc1. The molecule has 0 aromatic heterocycles. The summed E-state index contributed by atoms with van der Waals surface area (Å²) in [7, 11) is 0. The minimum atomic E-state index is -0.577. The highest BCUT2D eigenvalue weighted by Gasteiger charge is 2.13. The Kier molecular flexibility index (Phi) is 8.34. The molecule has 6 nitrogen and oxygen atoms in total. The van der Waals surface area contributed by atoms with Gasteiger partial charge in [0.2, 0.25) is 0 Å². The molecular formula is C30H23BrN2O4. The van der Waals surface area contributed by atoms with Gasteiger partial charge in [0.05, 0.1) is 12.2 Å². The molecule has 0 aliphatic carbocycles. The third-order valence-corrected chi connectivity index (χ3v) is 5.99. The number of hydrogen-bond donors (Lipinski definition) is 1. The topological polar surface area (TPSA) is 88.4 Å². The van der Waals surface area contributed by atoms with Crippen molar-refractivity contribution in [2.75, 3.05) is 11.9 Å². The van der Waals surface area contributed by atoms with Gasteiger partial charge in [-0.15, -0.1) is 0 Å². The lowest BCUT2D eigenvalue weighted by atomic mass is 10.1. The molecule has 0 saturated carbocycles. The summed E-state index contributed by atoms with van der Waals surface area (Å²) in [5.41, 5.74) is 2.31. The number of carbonyl (C=O) groups is 2. The van der Waals surface area contributed by atoms with E-state index in [-0.39, 0.29) is 12.2 Å². The molecule has 1 amide bonds. The Morgan fingerprint density at radius 3 is 2.46 bits per heavy atom. The first-order chi connectivity index (χ1) is 18.0. The summed E-state index contributed by atoms with van der Waals surface area (Å²) in [6.45, 7) is 2.33. The van der Waals surface area contributed by atoms with Crippen molar-refractivity contribution >= 4 is 50.3 Å². The van der Waals surface area contributed by atoms with Crippen molar-refractivity contribution in [2.45, 2.75) is 13.5 Å². The van der Waals surface area contributed by atoms with E-state index in [1.165, 1.54) is 6.08 Å². The van der Waals surface area contributed by atoms with Crippen LogP contribution in [0.5, 0.6) is 5.75 Å². The van der Waals surface area contributed by atoms with E-state index in [0.717, 1.165) is 20.8 Å². The van der Waals surface area contributed by atoms with Crippen LogP contribution in [-0.2, 0) is 16.1 Å². The van der Waals surface area contributed by atoms with Crippen molar-refractivity contribution < 1.29 is 19.1 Å². The van der Waals surface area contributed by atoms with Gasteiger partial charge in [-0.1, -0.05) is 52.3 Å². The predicted molar refractivity (Wildman–Crippen MR) is 147 cm³/mol. The quantitative estimate of drug-likeness (QED) is 0.145. The Morgan fingerprint density at radius 1 is 0.973 bits per heavy atom. The van der Waals surface area contributed by atoms with Gasteiger partial charge >= 0.3 is 5.97 Å². The van der Waals surface area contributed by atoms with Crippen LogP contribution in [0.2, 0.25) is 0 Å². The zero-order chi connectivity index (χ0) is 26.2. The molecule has 7 heteroatoms. The second-order valence-electron chi connectivity index (χ2n) is 8.07. The number of ether oxygens (including phenoxy) is 2. The number of halogens is 1. The van der Waals surface area contributed by atoms with Gasteiger partial charge in [0.15, 0.2) is 0 Å². The van der Waals surface area contributed by atoms with E-state index in [0.29, 0.717) is 29.2 Å². The van der Waals surface area contributed by atoms with Crippen LogP contribution in [0.4, 0.5) is 5.69 Å². The molecule has 0 bridgehead atoms. The lowest BCUT2D eigenvalue weighted by Crippen LogP contribution is -2.14.